The van der Waals surface area contributed by atoms with E-state index in [1.807, 2.05) is 51.1 Å². The minimum absolute atomic E-state index is 0.0535. The van der Waals surface area contributed by atoms with Crippen LogP contribution in [0.2, 0.25) is 0 Å². The Morgan fingerprint density at radius 2 is 1.63 bits per heavy atom. The summed E-state index contributed by atoms with van der Waals surface area (Å²) in [5.74, 6) is -0.730. The number of fused-ring (bicyclic) bond motifs is 1. The molecule has 1 aromatic carbocycles. The van der Waals surface area contributed by atoms with Crippen LogP contribution in [0.5, 0.6) is 0 Å². The van der Waals surface area contributed by atoms with Gasteiger partial charge in [0.25, 0.3) is 0 Å². The number of nitrogens with zero attached hydrogens (tertiary/aromatic N) is 1. The zero-order chi connectivity index (χ0) is 29.6. The number of alkyl carbamates (subject to hydrolysis) is 1. The Labute approximate surface area is 244 Å². The molecule has 2 aliphatic carbocycles. The van der Waals surface area contributed by atoms with E-state index in [1.165, 1.54) is 0 Å². The molecule has 4 rings (SSSR count). The Balaban J connectivity index is 1.50. The first-order valence-corrected chi connectivity index (χ1v) is 15.3. The van der Waals surface area contributed by atoms with E-state index in [0.29, 0.717) is 6.54 Å². The van der Waals surface area contributed by atoms with Crippen LogP contribution < -0.4 is 10.6 Å². The summed E-state index contributed by atoms with van der Waals surface area (Å²) >= 11 is 0. The second-order valence-corrected chi connectivity index (χ2v) is 12.9. The van der Waals surface area contributed by atoms with E-state index in [4.69, 9.17) is 9.47 Å². The highest BCUT2D eigenvalue weighted by atomic mass is 16.5. The van der Waals surface area contributed by atoms with Gasteiger partial charge in [-0.25, -0.2) is 9.59 Å². The van der Waals surface area contributed by atoms with Crippen molar-refractivity contribution in [1.29, 1.82) is 0 Å². The summed E-state index contributed by atoms with van der Waals surface area (Å²) < 4.78 is 10.8. The van der Waals surface area contributed by atoms with Gasteiger partial charge < -0.3 is 25.0 Å². The summed E-state index contributed by atoms with van der Waals surface area (Å²) in [7, 11) is 0. The molecule has 9 heteroatoms. The molecule has 9 nitrogen and oxygen atoms in total. The van der Waals surface area contributed by atoms with Gasteiger partial charge in [-0.15, -0.1) is 0 Å². The van der Waals surface area contributed by atoms with Gasteiger partial charge in [-0.3, -0.25) is 9.59 Å². The molecule has 1 aliphatic heterocycles. The summed E-state index contributed by atoms with van der Waals surface area (Å²) in [6, 6.07) is 7.05. The van der Waals surface area contributed by atoms with Gasteiger partial charge in [0, 0.05) is 6.54 Å². The van der Waals surface area contributed by atoms with E-state index < -0.39 is 35.5 Å². The molecule has 2 N–H and O–H groups in total. The Morgan fingerprint density at radius 3 is 2.29 bits per heavy atom. The van der Waals surface area contributed by atoms with Crippen LogP contribution in [0.15, 0.2) is 30.3 Å². The van der Waals surface area contributed by atoms with Crippen LogP contribution in [-0.4, -0.2) is 60.1 Å². The zero-order valence-corrected chi connectivity index (χ0v) is 25.0. The van der Waals surface area contributed by atoms with Crippen molar-refractivity contribution in [2.45, 2.75) is 104 Å². The molecule has 1 aromatic rings. The fourth-order valence-corrected chi connectivity index (χ4v) is 6.87. The van der Waals surface area contributed by atoms with Crippen molar-refractivity contribution in [3.05, 3.63) is 35.9 Å². The number of hydrogen-bond donors (Lipinski definition) is 2. The lowest BCUT2D eigenvalue weighted by Gasteiger charge is -2.37. The van der Waals surface area contributed by atoms with Crippen molar-refractivity contribution in [3.8, 4) is 0 Å². The van der Waals surface area contributed by atoms with E-state index in [0.717, 1.165) is 56.9 Å². The Bertz CT molecular complexity index is 1060. The van der Waals surface area contributed by atoms with E-state index in [2.05, 4.69) is 10.6 Å². The number of benzene rings is 1. The van der Waals surface area contributed by atoms with Gasteiger partial charge in [0.1, 0.15) is 24.7 Å². The van der Waals surface area contributed by atoms with Crippen molar-refractivity contribution < 1.29 is 28.7 Å². The number of amides is 3. The van der Waals surface area contributed by atoms with Crippen LogP contribution in [0.1, 0.15) is 84.6 Å². The first-order valence-electron chi connectivity index (χ1n) is 15.3. The molecule has 0 aromatic heterocycles. The van der Waals surface area contributed by atoms with Crippen LogP contribution in [0.25, 0.3) is 0 Å². The summed E-state index contributed by atoms with van der Waals surface area (Å²) in [5.41, 5.74) is 0.223. The first-order chi connectivity index (χ1) is 19.6. The molecule has 2 saturated carbocycles. The summed E-state index contributed by atoms with van der Waals surface area (Å²) in [6.07, 6.45) is 6.94. The van der Waals surface area contributed by atoms with Crippen molar-refractivity contribution in [2.24, 2.45) is 23.2 Å². The quantitative estimate of drug-likeness (QED) is 0.421. The van der Waals surface area contributed by atoms with E-state index in [1.54, 1.807) is 11.8 Å². The number of carbonyl (C=O) groups excluding carboxylic acids is 4. The number of hydrogen-bond acceptors (Lipinski definition) is 6. The van der Waals surface area contributed by atoms with Gasteiger partial charge in [0.2, 0.25) is 11.8 Å². The Morgan fingerprint density at radius 1 is 0.927 bits per heavy atom. The number of nitrogens with one attached hydrogen (secondary N) is 2. The van der Waals surface area contributed by atoms with Gasteiger partial charge in [-0.05, 0) is 61.3 Å². The lowest BCUT2D eigenvalue weighted by molar-refractivity contribution is -0.156. The molecule has 0 unspecified atom stereocenters. The molecule has 3 fully saturated rings. The number of esters is 1. The van der Waals surface area contributed by atoms with Crippen LogP contribution in [-0.2, 0) is 30.5 Å². The highest BCUT2D eigenvalue weighted by Gasteiger charge is 2.52. The third-order valence-electron chi connectivity index (χ3n) is 8.99. The first kappa shape index (κ1) is 30.8. The lowest BCUT2D eigenvalue weighted by Crippen LogP contribution is -2.61. The minimum Gasteiger partial charge on any atom is -0.464 e. The minimum atomic E-state index is -0.876. The lowest BCUT2D eigenvalue weighted by atomic mass is 9.82. The van der Waals surface area contributed by atoms with Crippen molar-refractivity contribution in [1.82, 2.24) is 15.5 Å². The SMILES string of the molecule is CCOC(=O)[C@@H]1[C@H]2CCC[C@H]2CN1C(=O)[C@@H](NC(=O)[C@@H](NC(=O)OCc1ccccc1)C1CCCCC1)C(C)(C)C. The largest absolute Gasteiger partial charge is 0.464 e. The standard InChI is InChI=1S/C32H47N3O6/c1-5-40-30(38)26-24-18-12-17-23(24)19-35(26)29(37)27(32(2,3)4)34-28(36)25(22-15-10-7-11-16-22)33-31(39)41-20-21-13-8-6-9-14-21/h6,8-9,13-14,22-27H,5,7,10-12,15-20H2,1-4H3,(H,33,39)(H,34,36)/t23-,24-,25-,26-,27+/m0/s1. The average molecular weight is 570 g/mol. The van der Waals surface area contributed by atoms with Gasteiger partial charge in [-0.2, -0.15) is 0 Å². The van der Waals surface area contributed by atoms with Crippen LogP contribution in [0, 0.1) is 23.2 Å². The summed E-state index contributed by atoms with van der Waals surface area (Å²) in [4.78, 5) is 55.6. The van der Waals surface area contributed by atoms with E-state index in [9.17, 15) is 19.2 Å². The highest BCUT2D eigenvalue weighted by molar-refractivity contribution is 5.94. The summed E-state index contributed by atoms with van der Waals surface area (Å²) in [6.45, 7) is 8.33. The molecule has 0 bridgehead atoms. The molecular formula is C32H47N3O6. The highest BCUT2D eigenvalue weighted by Crippen LogP contribution is 2.43. The Hall–Kier alpha value is -3.10. The third kappa shape index (κ3) is 7.60. The average Bonchev–Trinajstić information content (AvgIpc) is 3.55. The molecule has 0 radical (unpaired) electrons. The third-order valence-corrected chi connectivity index (χ3v) is 8.99. The topological polar surface area (TPSA) is 114 Å². The number of carbonyl (C=O) groups is 4. The maximum atomic E-state index is 14.1. The number of ether oxygens (including phenoxy) is 2. The Kier molecular flexibility index (Phi) is 10.3. The molecule has 3 amide bonds. The molecule has 3 aliphatic rings. The molecule has 5 atom stereocenters. The fraction of sp³-hybridized carbons (Fsp3) is 0.688. The van der Waals surface area contributed by atoms with Crippen LogP contribution >= 0.6 is 0 Å². The molecule has 1 saturated heterocycles. The molecular weight excluding hydrogens is 522 g/mol. The van der Waals surface area contributed by atoms with Gasteiger partial charge in [-0.1, -0.05) is 76.8 Å². The maximum absolute atomic E-state index is 14.1. The number of likely N-dealkylation sites (tertiary alicyclic amines) is 1. The van der Waals surface area contributed by atoms with Crippen molar-refractivity contribution in [3.63, 3.8) is 0 Å². The molecule has 41 heavy (non-hydrogen) atoms. The van der Waals surface area contributed by atoms with Gasteiger partial charge in [0.15, 0.2) is 0 Å². The monoisotopic (exact) mass is 569 g/mol. The van der Waals surface area contributed by atoms with Crippen molar-refractivity contribution in [2.75, 3.05) is 13.2 Å². The second kappa shape index (κ2) is 13.7. The fourth-order valence-electron chi connectivity index (χ4n) is 6.87. The molecule has 1 heterocycles. The van der Waals surface area contributed by atoms with Crippen LogP contribution in [0.3, 0.4) is 0 Å². The van der Waals surface area contributed by atoms with Gasteiger partial charge in [0.05, 0.1) is 6.61 Å². The van der Waals surface area contributed by atoms with Gasteiger partial charge >= 0.3 is 12.1 Å². The van der Waals surface area contributed by atoms with Crippen LogP contribution in [0.4, 0.5) is 4.79 Å². The zero-order valence-electron chi connectivity index (χ0n) is 25.0. The smallest absolute Gasteiger partial charge is 0.408 e. The maximum Gasteiger partial charge on any atom is 0.408 e. The normalized spacial score (nSPS) is 24.2. The molecule has 226 valence electrons. The number of rotatable bonds is 9. The predicted octanol–water partition coefficient (Wildman–Crippen LogP) is 4.58. The van der Waals surface area contributed by atoms with E-state index in [-0.39, 0.29) is 42.8 Å². The predicted molar refractivity (Wildman–Crippen MR) is 154 cm³/mol. The molecule has 0 spiro atoms. The summed E-state index contributed by atoms with van der Waals surface area (Å²) in [5, 5.41) is 5.84. The van der Waals surface area contributed by atoms with Crippen molar-refractivity contribution >= 4 is 23.9 Å². The van der Waals surface area contributed by atoms with E-state index >= 15 is 0 Å². The second-order valence-electron chi connectivity index (χ2n) is 12.9.